The molecule has 0 unspecified atom stereocenters. The monoisotopic (exact) mass is 254 g/mol. The molecule has 18 heavy (non-hydrogen) atoms. The molecule has 0 atom stereocenters. The second-order valence-electron chi connectivity index (χ2n) is 5.98. The third-order valence-corrected chi connectivity index (χ3v) is 4.73. The molecule has 92 valence electrons. The predicted octanol–water partition coefficient (Wildman–Crippen LogP) is 5.33. The normalized spacial score (nSPS) is 15.1. The van der Waals surface area contributed by atoms with E-state index in [2.05, 4.69) is 69.3 Å². The van der Waals surface area contributed by atoms with Crippen molar-refractivity contribution in [2.45, 2.75) is 36.5 Å². The Bertz CT molecular complexity index is 533. The van der Waals surface area contributed by atoms with Crippen molar-refractivity contribution in [3.63, 3.8) is 0 Å². The van der Waals surface area contributed by atoms with E-state index in [9.17, 15) is 0 Å². The minimum atomic E-state index is 0.243. The van der Waals surface area contributed by atoms with Gasteiger partial charge in [-0.3, -0.25) is 0 Å². The Morgan fingerprint density at radius 3 is 1.67 bits per heavy atom. The van der Waals surface area contributed by atoms with Gasteiger partial charge in [0, 0.05) is 15.7 Å². The van der Waals surface area contributed by atoms with Gasteiger partial charge in [-0.2, -0.15) is 0 Å². The number of benzene rings is 2. The van der Waals surface area contributed by atoms with Gasteiger partial charge in [0.1, 0.15) is 0 Å². The Morgan fingerprint density at radius 2 is 1.22 bits per heavy atom. The first-order chi connectivity index (χ1) is 8.57. The molecule has 2 aromatic carbocycles. The second kappa shape index (κ2) is 4.17. The van der Waals surface area contributed by atoms with Crippen LogP contribution in [0.4, 0.5) is 0 Å². The van der Waals surface area contributed by atoms with Crippen LogP contribution in [0, 0.1) is 5.41 Å². The predicted molar refractivity (Wildman–Crippen MR) is 78.3 cm³/mol. The van der Waals surface area contributed by atoms with Crippen molar-refractivity contribution in [2.75, 3.05) is 0 Å². The minimum Gasteiger partial charge on any atom is -0.0895 e. The van der Waals surface area contributed by atoms with Gasteiger partial charge in [-0.1, -0.05) is 68.9 Å². The highest BCUT2D eigenvalue weighted by molar-refractivity contribution is 7.99. The molecule has 0 nitrogen and oxygen atoms in total. The van der Waals surface area contributed by atoms with E-state index in [0.717, 1.165) is 0 Å². The largest absolute Gasteiger partial charge is 0.0895 e. The Hall–Kier alpha value is -1.21. The van der Waals surface area contributed by atoms with Gasteiger partial charge in [-0.05, 0) is 28.7 Å². The Kier molecular flexibility index (Phi) is 2.74. The highest BCUT2D eigenvalue weighted by Crippen LogP contribution is 2.51. The van der Waals surface area contributed by atoms with E-state index in [-0.39, 0.29) is 5.41 Å². The third kappa shape index (κ3) is 1.87. The third-order valence-electron chi connectivity index (χ3n) is 3.55. The number of hydrogen-bond donors (Lipinski definition) is 0. The zero-order valence-electron chi connectivity index (χ0n) is 11.1. The Labute approximate surface area is 113 Å². The number of fused-ring (bicyclic) bond motifs is 2. The quantitative estimate of drug-likeness (QED) is 0.612. The maximum atomic E-state index is 2.33. The lowest BCUT2D eigenvalue weighted by atomic mass is 9.72. The van der Waals surface area contributed by atoms with Crippen molar-refractivity contribution in [2.24, 2.45) is 5.41 Å². The highest BCUT2D eigenvalue weighted by Gasteiger charge is 2.34. The average molecular weight is 254 g/mol. The molecular weight excluding hydrogens is 236 g/mol. The summed E-state index contributed by atoms with van der Waals surface area (Å²) in [5.41, 5.74) is 3.20. The summed E-state index contributed by atoms with van der Waals surface area (Å²) >= 11 is 1.90. The van der Waals surface area contributed by atoms with E-state index in [1.54, 1.807) is 0 Å². The molecule has 0 amide bonds. The molecule has 2 aromatic rings. The molecule has 1 heteroatoms. The molecule has 0 N–H and O–H groups in total. The second-order valence-corrected chi connectivity index (χ2v) is 7.06. The molecule has 0 aliphatic carbocycles. The fourth-order valence-electron chi connectivity index (χ4n) is 2.84. The van der Waals surface area contributed by atoms with Gasteiger partial charge in [0.15, 0.2) is 0 Å². The van der Waals surface area contributed by atoms with Crippen LogP contribution in [0.5, 0.6) is 0 Å². The van der Waals surface area contributed by atoms with E-state index < -0.39 is 0 Å². The highest BCUT2D eigenvalue weighted by atomic mass is 32.2. The smallest absolute Gasteiger partial charge is 0.0160 e. The summed E-state index contributed by atoms with van der Waals surface area (Å²) in [5.74, 6) is 0.492. The SMILES string of the molecule is CC(C)(C)C1c2ccccc2Sc2ccccc21. The van der Waals surface area contributed by atoms with Gasteiger partial charge in [-0.25, -0.2) is 0 Å². The zero-order chi connectivity index (χ0) is 12.8. The summed E-state index contributed by atoms with van der Waals surface area (Å²) in [4.78, 5) is 2.83. The molecule has 0 radical (unpaired) electrons. The minimum absolute atomic E-state index is 0.243. The topological polar surface area (TPSA) is 0 Å². The molecule has 1 heterocycles. The van der Waals surface area contributed by atoms with Gasteiger partial charge in [0.25, 0.3) is 0 Å². The molecular formula is C17H18S. The van der Waals surface area contributed by atoms with Crippen LogP contribution in [0.25, 0.3) is 0 Å². The van der Waals surface area contributed by atoms with Crippen LogP contribution in [0.1, 0.15) is 37.8 Å². The number of hydrogen-bond acceptors (Lipinski definition) is 1. The summed E-state index contributed by atoms with van der Waals surface area (Å²) in [7, 11) is 0. The van der Waals surface area contributed by atoms with E-state index in [4.69, 9.17) is 0 Å². The summed E-state index contributed by atoms with van der Waals surface area (Å²) in [6.45, 7) is 7.00. The maximum absolute atomic E-state index is 2.33. The van der Waals surface area contributed by atoms with Crippen molar-refractivity contribution >= 4 is 11.8 Å². The number of rotatable bonds is 0. The molecule has 0 bridgehead atoms. The first-order valence-electron chi connectivity index (χ1n) is 6.43. The van der Waals surface area contributed by atoms with Crippen molar-refractivity contribution in [1.29, 1.82) is 0 Å². The average Bonchev–Trinajstić information content (AvgIpc) is 2.34. The Morgan fingerprint density at radius 1 is 0.778 bits per heavy atom. The van der Waals surface area contributed by atoms with E-state index in [1.807, 2.05) is 11.8 Å². The Balaban J connectivity index is 2.24. The van der Waals surface area contributed by atoms with Crippen LogP contribution >= 0.6 is 11.8 Å². The molecule has 0 aromatic heterocycles. The summed E-state index contributed by atoms with van der Waals surface area (Å²) in [6, 6.07) is 17.7. The molecule has 1 aliphatic heterocycles. The molecule has 0 spiro atoms. The van der Waals surface area contributed by atoms with Crippen LogP contribution in [0.15, 0.2) is 58.3 Å². The summed E-state index contributed by atoms with van der Waals surface area (Å²) < 4.78 is 0. The van der Waals surface area contributed by atoms with Gasteiger partial charge in [-0.15, -0.1) is 0 Å². The lowest BCUT2D eigenvalue weighted by molar-refractivity contribution is 0.351. The summed E-state index contributed by atoms with van der Waals surface area (Å²) in [6.07, 6.45) is 0. The lowest BCUT2D eigenvalue weighted by Crippen LogP contribution is -2.22. The molecule has 1 aliphatic rings. The molecule has 0 fully saturated rings. The van der Waals surface area contributed by atoms with E-state index in [1.165, 1.54) is 20.9 Å². The van der Waals surface area contributed by atoms with Gasteiger partial charge in [0.05, 0.1) is 0 Å². The van der Waals surface area contributed by atoms with Crippen LogP contribution in [0.2, 0.25) is 0 Å². The van der Waals surface area contributed by atoms with E-state index >= 15 is 0 Å². The molecule has 0 saturated carbocycles. The first-order valence-corrected chi connectivity index (χ1v) is 7.25. The fourth-order valence-corrected chi connectivity index (χ4v) is 3.98. The van der Waals surface area contributed by atoms with E-state index in [0.29, 0.717) is 5.92 Å². The summed E-state index contributed by atoms with van der Waals surface area (Å²) in [5, 5.41) is 0. The van der Waals surface area contributed by atoms with Crippen molar-refractivity contribution in [3.8, 4) is 0 Å². The van der Waals surface area contributed by atoms with Gasteiger partial charge >= 0.3 is 0 Å². The van der Waals surface area contributed by atoms with Crippen LogP contribution in [-0.4, -0.2) is 0 Å². The standard InChI is InChI=1S/C17H18S/c1-17(2,3)16-12-8-4-6-10-14(12)18-15-11-7-5-9-13(15)16/h4-11,16H,1-3H3. The van der Waals surface area contributed by atoms with Gasteiger partial charge in [0.2, 0.25) is 0 Å². The van der Waals surface area contributed by atoms with Crippen LogP contribution in [-0.2, 0) is 0 Å². The van der Waals surface area contributed by atoms with Crippen molar-refractivity contribution in [1.82, 2.24) is 0 Å². The molecule has 3 rings (SSSR count). The maximum Gasteiger partial charge on any atom is 0.0160 e. The van der Waals surface area contributed by atoms with Crippen molar-refractivity contribution < 1.29 is 0 Å². The van der Waals surface area contributed by atoms with Crippen LogP contribution < -0.4 is 0 Å². The van der Waals surface area contributed by atoms with Crippen molar-refractivity contribution in [3.05, 3.63) is 59.7 Å². The van der Waals surface area contributed by atoms with Gasteiger partial charge < -0.3 is 0 Å². The lowest BCUT2D eigenvalue weighted by Gasteiger charge is -2.37. The fraction of sp³-hybridized carbons (Fsp3) is 0.294. The zero-order valence-corrected chi connectivity index (χ0v) is 11.9. The first kappa shape index (κ1) is 11.9. The molecule has 0 saturated heterocycles. The van der Waals surface area contributed by atoms with Crippen LogP contribution in [0.3, 0.4) is 0 Å².